The summed E-state index contributed by atoms with van der Waals surface area (Å²) in [7, 11) is 0. The van der Waals surface area contributed by atoms with Crippen LogP contribution in [0.25, 0.3) is 0 Å². The molecule has 0 fully saturated rings. The van der Waals surface area contributed by atoms with E-state index in [1.165, 1.54) is 17.7 Å². The fourth-order valence-corrected chi connectivity index (χ4v) is 2.33. The fraction of sp³-hybridized carbons (Fsp3) is 0.333. The van der Waals surface area contributed by atoms with Gasteiger partial charge in [0, 0.05) is 6.04 Å². The van der Waals surface area contributed by atoms with Gasteiger partial charge in [-0.25, -0.2) is 4.39 Å². The lowest BCUT2D eigenvalue weighted by molar-refractivity contribution is 0.305. The number of hydrogen-bond donors (Lipinski definition) is 1. The molecule has 0 aromatic heterocycles. The minimum Gasteiger partial charge on any atom is -0.489 e. The number of nitrogens with one attached hydrogen (secondary N) is 1. The standard InChI is InChI=1S/C18H22FNO/c1-3-18(20-4-2)15-8-10-17(11-9-15)21-13-14-6-5-7-16(19)12-14/h5-12,18,20H,3-4,13H2,1-2H3. The minimum absolute atomic E-state index is 0.233. The van der Waals surface area contributed by atoms with E-state index in [9.17, 15) is 4.39 Å². The topological polar surface area (TPSA) is 21.3 Å². The predicted octanol–water partition coefficient (Wildman–Crippen LogP) is 4.47. The minimum atomic E-state index is -0.233. The first-order valence-electron chi connectivity index (χ1n) is 7.43. The molecule has 0 heterocycles. The van der Waals surface area contributed by atoms with Gasteiger partial charge >= 0.3 is 0 Å². The van der Waals surface area contributed by atoms with Gasteiger partial charge in [0.25, 0.3) is 0 Å². The molecule has 0 bridgehead atoms. The molecular formula is C18H22FNO. The Kier molecular flexibility index (Phi) is 5.76. The van der Waals surface area contributed by atoms with Gasteiger partial charge in [-0.3, -0.25) is 0 Å². The molecule has 2 nitrogen and oxygen atoms in total. The molecule has 1 unspecified atom stereocenters. The number of ether oxygens (including phenoxy) is 1. The van der Waals surface area contributed by atoms with Crippen molar-refractivity contribution in [1.29, 1.82) is 0 Å². The van der Waals surface area contributed by atoms with Crippen molar-refractivity contribution in [2.24, 2.45) is 0 Å². The highest BCUT2D eigenvalue weighted by molar-refractivity contribution is 5.29. The van der Waals surface area contributed by atoms with Crippen LogP contribution in [0.4, 0.5) is 4.39 Å². The van der Waals surface area contributed by atoms with E-state index < -0.39 is 0 Å². The molecule has 0 amide bonds. The highest BCUT2D eigenvalue weighted by Gasteiger charge is 2.07. The van der Waals surface area contributed by atoms with Crippen LogP contribution in [0.5, 0.6) is 5.75 Å². The second-order valence-electron chi connectivity index (χ2n) is 5.01. The molecule has 0 aliphatic rings. The van der Waals surface area contributed by atoms with Gasteiger partial charge in [0.15, 0.2) is 0 Å². The monoisotopic (exact) mass is 287 g/mol. The summed E-state index contributed by atoms with van der Waals surface area (Å²) in [6.45, 7) is 5.61. The van der Waals surface area contributed by atoms with Gasteiger partial charge in [0.1, 0.15) is 18.2 Å². The summed E-state index contributed by atoms with van der Waals surface area (Å²) in [5, 5.41) is 3.45. The van der Waals surface area contributed by atoms with Crippen molar-refractivity contribution in [2.75, 3.05) is 6.54 Å². The summed E-state index contributed by atoms with van der Waals surface area (Å²) in [6, 6.07) is 15.0. The maximum atomic E-state index is 13.1. The molecule has 2 aromatic rings. The van der Waals surface area contributed by atoms with Gasteiger partial charge < -0.3 is 10.1 Å². The SMILES string of the molecule is CCNC(CC)c1ccc(OCc2cccc(F)c2)cc1. The summed E-state index contributed by atoms with van der Waals surface area (Å²) in [4.78, 5) is 0. The summed E-state index contributed by atoms with van der Waals surface area (Å²) >= 11 is 0. The molecule has 2 rings (SSSR count). The van der Waals surface area contributed by atoms with Crippen LogP contribution in [0.1, 0.15) is 37.4 Å². The second-order valence-corrected chi connectivity index (χ2v) is 5.01. The summed E-state index contributed by atoms with van der Waals surface area (Å²) in [5.41, 5.74) is 2.09. The zero-order chi connectivity index (χ0) is 15.1. The highest BCUT2D eigenvalue weighted by Crippen LogP contribution is 2.20. The number of hydrogen-bond acceptors (Lipinski definition) is 2. The predicted molar refractivity (Wildman–Crippen MR) is 83.9 cm³/mol. The lowest BCUT2D eigenvalue weighted by Gasteiger charge is -2.16. The summed E-state index contributed by atoms with van der Waals surface area (Å²) in [6.07, 6.45) is 1.05. The van der Waals surface area contributed by atoms with Crippen LogP contribution in [0.3, 0.4) is 0 Å². The molecule has 1 atom stereocenters. The van der Waals surface area contributed by atoms with Gasteiger partial charge in [-0.15, -0.1) is 0 Å². The van der Waals surface area contributed by atoms with E-state index in [0.717, 1.165) is 24.3 Å². The van der Waals surface area contributed by atoms with E-state index in [1.54, 1.807) is 6.07 Å². The first-order valence-corrected chi connectivity index (χ1v) is 7.43. The van der Waals surface area contributed by atoms with Crippen molar-refractivity contribution >= 4 is 0 Å². The van der Waals surface area contributed by atoms with Gasteiger partial charge in [0.2, 0.25) is 0 Å². The number of halogens is 1. The molecule has 0 aliphatic carbocycles. The molecule has 112 valence electrons. The Hall–Kier alpha value is -1.87. The van der Waals surface area contributed by atoms with Gasteiger partial charge in [-0.1, -0.05) is 38.1 Å². The molecule has 0 radical (unpaired) electrons. The summed E-state index contributed by atoms with van der Waals surface area (Å²) in [5.74, 6) is 0.567. The van der Waals surface area contributed by atoms with E-state index in [2.05, 4.69) is 31.3 Å². The van der Waals surface area contributed by atoms with Gasteiger partial charge in [-0.05, 0) is 48.4 Å². The van der Waals surface area contributed by atoms with Crippen LogP contribution in [-0.2, 0) is 6.61 Å². The Bertz CT molecular complexity index is 553. The Morgan fingerprint density at radius 2 is 1.86 bits per heavy atom. The molecule has 2 aromatic carbocycles. The second kappa shape index (κ2) is 7.79. The number of benzene rings is 2. The Morgan fingerprint density at radius 1 is 1.10 bits per heavy atom. The maximum absolute atomic E-state index is 13.1. The third-order valence-corrected chi connectivity index (χ3v) is 3.44. The number of rotatable bonds is 7. The van der Waals surface area contributed by atoms with E-state index >= 15 is 0 Å². The molecule has 3 heteroatoms. The lowest BCUT2D eigenvalue weighted by atomic mass is 10.0. The van der Waals surface area contributed by atoms with Crippen LogP contribution < -0.4 is 10.1 Å². The van der Waals surface area contributed by atoms with Crippen molar-refractivity contribution in [3.05, 3.63) is 65.5 Å². The van der Waals surface area contributed by atoms with Crippen LogP contribution in [0.2, 0.25) is 0 Å². The summed E-state index contributed by atoms with van der Waals surface area (Å²) < 4.78 is 18.8. The molecule has 0 saturated heterocycles. The maximum Gasteiger partial charge on any atom is 0.123 e. The van der Waals surface area contributed by atoms with E-state index in [4.69, 9.17) is 4.74 Å². The van der Waals surface area contributed by atoms with Crippen molar-refractivity contribution in [3.63, 3.8) is 0 Å². The van der Waals surface area contributed by atoms with Crippen molar-refractivity contribution in [3.8, 4) is 5.75 Å². The fourth-order valence-electron chi connectivity index (χ4n) is 2.33. The average molecular weight is 287 g/mol. The normalized spacial score (nSPS) is 12.1. The van der Waals surface area contributed by atoms with Crippen molar-refractivity contribution in [2.45, 2.75) is 32.9 Å². The third kappa shape index (κ3) is 4.57. The van der Waals surface area contributed by atoms with E-state index in [1.807, 2.05) is 18.2 Å². The molecule has 1 N–H and O–H groups in total. The van der Waals surface area contributed by atoms with Crippen LogP contribution >= 0.6 is 0 Å². The van der Waals surface area contributed by atoms with Crippen molar-refractivity contribution in [1.82, 2.24) is 5.32 Å². The van der Waals surface area contributed by atoms with Crippen molar-refractivity contribution < 1.29 is 9.13 Å². The largest absolute Gasteiger partial charge is 0.489 e. The van der Waals surface area contributed by atoms with Crippen LogP contribution in [-0.4, -0.2) is 6.54 Å². The average Bonchev–Trinajstić information content (AvgIpc) is 2.51. The van der Waals surface area contributed by atoms with Gasteiger partial charge in [0.05, 0.1) is 0 Å². The first-order chi connectivity index (χ1) is 10.2. The highest BCUT2D eigenvalue weighted by atomic mass is 19.1. The Labute approximate surface area is 126 Å². The van der Waals surface area contributed by atoms with Gasteiger partial charge in [-0.2, -0.15) is 0 Å². The first kappa shape index (κ1) is 15.5. The smallest absolute Gasteiger partial charge is 0.123 e. The zero-order valence-corrected chi connectivity index (χ0v) is 12.6. The van der Waals surface area contributed by atoms with E-state index in [0.29, 0.717) is 12.6 Å². The van der Waals surface area contributed by atoms with Crippen LogP contribution in [0.15, 0.2) is 48.5 Å². The molecule has 0 saturated carbocycles. The Morgan fingerprint density at radius 3 is 2.48 bits per heavy atom. The molecule has 0 spiro atoms. The van der Waals surface area contributed by atoms with Crippen LogP contribution in [0, 0.1) is 5.82 Å². The molecular weight excluding hydrogens is 265 g/mol. The quantitative estimate of drug-likeness (QED) is 0.811. The van der Waals surface area contributed by atoms with E-state index in [-0.39, 0.29) is 5.82 Å². The zero-order valence-electron chi connectivity index (χ0n) is 12.6. The Balaban J connectivity index is 1.96. The molecule has 21 heavy (non-hydrogen) atoms. The third-order valence-electron chi connectivity index (χ3n) is 3.44. The lowest BCUT2D eigenvalue weighted by Crippen LogP contribution is -2.19. The molecule has 0 aliphatic heterocycles.